The quantitative estimate of drug-likeness (QED) is 0.396. The molecule has 3 heteroatoms. The van der Waals surface area contributed by atoms with Crippen LogP contribution < -0.4 is 0 Å². The molecular weight excluding hydrogens is 154 g/mol. The molecule has 66 valence electrons. The van der Waals surface area contributed by atoms with Gasteiger partial charge in [0.2, 0.25) is 0 Å². The summed E-state index contributed by atoms with van der Waals surface area (Å²) in [6.45, 7) is 9.48. The van der Waals surface area contributed by atoms with E-state index >= 15 is 0 Å². The van der Waals surface area contributed by atoms with E-state index in [0.717, 1.165) is 12.5 Å². The van der Waals surface area contributed by atoms with Crippen molar-refractivity contribution in [3.05, 3.63) is 0 Å². The van der Waals surface area contributed by atoms with Crippen LogP contribution in [0.5, 0.6) is 0 Å². The van der Waals surface area contributed by atoms with Crippen molar-refractivity contribution in [2.75, 3.05) is 6.61 Å². The van der Waals surface area contributed by atoms with E-state index in [1.165, 1.54) is 0 Å². The van der Waals surface area contributed by atoms with Crippen molar-refractivity contribution in [3.8, 4) is 0 Å². The lowest BCUT2D eigenvalue weighted by Crippen LogP contribution is -2.21. The third kappa shape index (κ3) is 7.59. The fourth-order valence-electron chi connectivity index (χ4n) is 0.735. The smallest absolute Gasteiger partial charge is 0.180 e. The minimum Gasteiger partial charge on any atom is -0.481 e. The van der Waals surface area contributed by atoms with Crippen molar-refractivity contribution in [3.63, 3.8) is 0 Å². The van der Waals surface area contributed by atoms with Crippen molar-refractivity contribution in [2.24, 2.45) is 0 Å². The maximum Gasteiger partial charge on any atom is 0.180 e. The highest BCUT2D eigenvalue weighted by atomic mass is 28.3. The number of ether oxygens (including phenoxy) is 1. The molecule has 0 fully saturated rings. The van der Waals surface area contributed by atoms with E-state index in [4.69, 9.17) is 10.1 Å². The summed E-state index contributed by atoms with van der Waals surface area (Å²) in [5.74, 6) is 0.454. The minimum absolute atomic E-state index is 0.454. The molecule has 0 saturated heterocycles. The van der Waals surface area contributed by atoms with Gasteiger partial charge in [-0.25, -0.2) is 0 Å². The van der Waals surface area contributed by atoms with Crippen molar-refractivity contribution in [2.45, 2.75) is 39.0 Å². The molecule has 0 radical (unpaired) electrons. The molecule has 0 amide bonds. The first-order valence-corrected chi connectivity index (χ1v) is 7.86. The summed E-state index contributed by atoms with van der Waals surface area (Å²) in [5.41, 5.74) is 0. The van der Waals surface area contributed by atoms with Crippen LogP contribution in [0.1, 0.15) is 13.3 Å². The zero-order chi connectivity index (χ0) is 8.91. The summed E-state index contributed by atoms with van der Waals surface area (Å²) in [4.78, 5) is 0. The first kappa shape index (κ1) is 10.7. The van der Waals surface area contributed by atoms with Crippen LogP contribution in [0.2, 0.25) is 25.7 Å². The zero-order valence-electron chi connectivity index (χ0n) is 8.03. The summed E-state index contributed by atoms with van der Waals surface area (Å²) in [7, 11) is -0.970. The Bertz CT molecular complexity index is 129. The Kier molecular flexibility index (Phi) is 4.41. The lowest BCUT2D eigenvalue weighted by atomic mass is 10.5. The molecule has 0 aliphatic carbocycles. The van der Waals surface area contributed by atoms with Gasteiger partial charge in [-0.3, -0.25) is 5.41 Å². The molecule has 0 aromatic carbocycles. The summed E-state index contributed by atoms with van der Waals surface area (Å²) < 4.78 is 5.04. The first-order valence-electron chi connectivity index (χ1n) is 4.16. The van der Waals surface area contributed by atoms with Crippen LogP contribution in [0, 0.1) is 5.41 Å². The van der Waals surface area contributed by atoms with Gasteiger partial charge in [0.15, 0.2) is 5.90 Å². The van der Waals surface area contributed by atoms with Crippen molar-refractivity contribution < 1.29 is 4.74 Å². The SMILES string of the molecule is CCOC(=N)CC[Si](C)(C)C. The maximum absolute atomic E-state index is 7.37. The van der Waals surface area contributed by atoms with Gasteiger partial charge in [-0.15, -0.1) is 0 Å². The monoisotopic (exact) mass is 173 g/mol. The lowest BCUT2D eigenvalue weighted by Gasteiger charge is -2.15. The van der Waals surface area contributed by atoms with Gasteiger partial charge in [0.25, 0.3) is 0 Å². The van der Waals surface area contributed by atoms with Gasteiger partial charge in [0.05, 0.1) is 6.61 Å². The van der Waals surface area contributed by atoms with Gasteiger partial charge in [0.1, 0.15) is 0 Å². The standard InChI is InChI=1S/C8H19NOSi/c1-5-10-8(9)6-7-11(2,3)4/h9H,5-7H2,1-4H3. The van der Waals surface area contributed by atoms with E-state index in [2.05, 4.69) is 19.6 Å². The van der Waals surface area contributed by atoms with Gasteiger partial charge < -0.3 is 4.74 Å². The molecule has 0 spiro atoms. The average Bonchev–Trinajstić information content (AvgIpc) is 1.83. The molecule has 0 aromatic rings. The fourth-order valence-corrected chi connectivity index (χ4v) is 1.71. The van der Waals surface area contributed by atoms with Crippen LogP contribution in [0.4, 0.5) is 0 Å². The zero-order valence-corrected chi connectivity index (χ0v) is 9.03. The Morgan fingerprint density at radius 3 is 2.27 bits per heavy atom. The molecule has 0 saturated carbocycles. The van der Waals surface area contributed by atoms with Crippen molar-refractivity contribution in [1.82, 2.24) is 0 Å². The Hall–Kier alpha value is -0.313. The van der Waals surface area contributed by atoms with Crippen LogP contribution in [-0.4, -0.2) is 20.6 Å². The van der Waals surface area contributed by atoms with Crippen LogP contribution in [0.25, 0.3) is 0 Å². The van der Waals surface area contributed by atoms with Crippen LogP contribution in [0.3, 0.4) is 0 Å². The molecule has 0 aliphatic heterocycles. The first-order chi connectivity index (χ1) is 4.95. The summed E-state index contributed by atoms with van der Waals surface area (Å²) in [6, 6.07) is 1.16. The average molecular weight is 173 g/mol. The molecule has 11 heavy (non-hydrogen) atoms. The van der Waals surface area contributed by atoms with Gasteiger partial charge >= 0.3 is 0 Å². The lowest BCUT2D eigenvalue weighted by molar-refractivity contribution is 0.315. The largest absolute Gasteiger partial charge is 0.481 e. The van der Waals surface area contributed by atoms with Gasteiger partial charge in [-0.1, -0.05) is 19.6 Å². The molecule has 0 aromatic heterocycles. The molecular formula is C8H19NOSi. The Balaban J connectivity index is 3.46. The molecule has 0 aliphatic rings. The summed E-state index contributed by atoms with van der Waals surface area (Å²) in [5, 5.41) is 7.37. The number of rotatable bonds is 4. The fraction of sp³-hybridized carbons (Fsp3) is 0.875. The summed E-state index contributed by atoms with van der Waals surface area (Å²) >= 11 is 0. The highest BCUT2D eigenvalue weighted by Crippen LogP contribution is 2.11. The maximum atomic E-state index is 7.37. The van der Waals surface area contributed by atoms with E-state index in [1.807, 2.05) is 6.92 Å². The topological polar surface area (TPSA) is 33.1 Å². The third-order valence-electron chi connectivity index (χ3n) is 1.42. The van der Waals surface area contributed by atoms with E-state index in [0.29, 0.717) is 12.5 Å². The second-order valence-electron chi connectivity index (χ2n) is 3.92. The molecule has 0 bridgehead atoms. The van der Waals surface area contributed by atoms with Crippen LogP contribution >= 0.6 is 0 Å². The molecule has 1 N–H and O–H groups in total. The molecule has 0 heterocycles. The van der Waals surface area contributed by atoms with Crippen LogP contribution in [-0.2, 0) is 4.74 Å². The molecule has 0 atom stereocenters. The van der Waals surface area contributed by atoms with E-state index < -0.39 is 8.07 Å². The molecule has 0 rings (SSSR count). The highest BCUT2D eigenvalue weighted by Gasteiger charge is 2.13. The van der Waals surface area contributed by atoms with E-state index in [1.54, 1.807) is 0 Å². The molecule has 2 nitrogen and oxygen atoms in total. The number of hydrogen-bond donors (Lipinski definition) is 1. The number of nitrogens with one attached hydrogen (secondary N) is 1. The van der Waals surface area contributed by atoms with Gasteiger partial charge in [-0.2, -0.15) is 0 Å². The predicted molar refractivity (Wildman–Crippen MR) is 52.1 cm³/mol. The Morgan fingerprint density at radius 2 is 1.91 bits per heavy atom. The predicted octanol–water partition coefficient (Wildman–Crippen LogP) is 2.73. The Morgan fingerprint density at radius 1 is 1.36 bits per heavy atom. The third-order valence-corrected chi connectivity index (χ3v) is 3.17. The minimum atomic E-state index is -0.970. The van der Waals surface area contributed by atoms with Gasteiger partial charge in [0, 0.05) is 14.5 Å². The number of hydrogen-bond acceptors (Lipinski definition) is 2. The van der Waals surface area contributed by atoms with Crippen molar-refractivity contribution >= 4 is 14.0 Å². The Labute approximate surface area is 70.5 Å². The summed E-state index contributed by atoms with van der Waals surface area (Å²) in [6.07, 6.45) is 0.823. The van der Waals surface area contributed by atoms with Crippen molar-refractivity contribution in [1.29, 1.82) is 5.41 Å². The normalized spacial score (nSPS) is 11.3. The van der Waals surface area contributed by atoms with Gasteiger partial charge in [-0.05, 0) is 13.0 Å². The van der Waals surface area contributed by atoms with E-state index in [-0.39, 0.29) is 0 Å². The van der Waals surface area contributed by atoms with E-state index in [9.17, 15) is 0 Å². The van der Waals surface area contributed by atoms with Crippen LogP contribution in [0.15, 0.2) is 0 Å². The second-order valence-corrected chi connectivity index (χ2v) is 9.54. The highest BCUT2D eigenvalue weighted by molar-refractivity contribution is 6.76. The molecule has 0 unspecified atom stereocenters. The second kappa shape index (κ2) is 4.54.